The van der Waals surface area contributed by atoms with Crippen LogP contribution in [0, 0.1) is 5.82 Å². The Morgan fingerprint density at radius 3 is 2.31 bits per heavy atom. The Morgan fingerprint density at radius 2 is 1.74 bits per heavy atom. The third kappa shape index (κ3) is 5.38. The molecule has 2 bridgehead atoms. The Labute approximate surface area is 227 Å². The van der Waals surface area contributed by atoms with Gasteiger partial charge in [-0.3, -0.25) is 14.5 Å². The minimum absolute atomic E-state index is 0.0800. The van der Waals surface area contributed by atoms with Crippen LogP contribution < -0.4 is 10.2 Å². The smallest absolute Gasteiger partial charge is 0.331 e. The van der Waals surface area contributed by atoms with Crippen LogP contribution in [0.2, 0.25) is 5.02 Å². The number of benzene rings is 2. The first kappa shape index (κ1) is 27.1. The molecule has 3 fully saturated rings. The fourth-order valence-corrected chi connectivity index (χ4v) is 5.80. The van der Waals surface area contributed by atoms with E-state index in [4.69, 9.17) is 11.6 Å². The van der Waals surface area contributed by atoms with Gasteiger partial charge in [0.1, 0.15) is 11.9 Å². The molecule has 3 heterocycles. The zero-order chi connectivity index (χ0) is 28.1. The molecule has 3 atom stereocenters. The second-order valence-corrected chi connectivity index (χ2v) is 10.4. The number of urea groups is 1. The van der Waals surface area contributed by atoms with E-state index < -0.39 is 34.7 Å². The molecule has 39 heavy (non-hydrogen) atoms. The predicted octanol–water partition coefficient (Wildman–Crippen LogP) is 4.83. The van der Waals surface area contributed by atoms with Gasteiger partial charge in [-0.2, -0.15) is 13.2 Å². The first-order valence-corrected chi connectivity index (χ1v) is 12.8. The van der Waals surface area contributed by atoms with Gasteiger partial charge in [-0.15, -0.1) is 0 Å². The number of rotatable bonds is 5. The van der Waals surface area contributed by atoms with E-state index >= 15 is 0 Å². The van der Waals surface area contributed by atoms with Crippen LogP contribution in [0.5, 0.6) is 0 Å². The number of anilines is 1. The van der Waals surface area contributed by atoms with Crippen molar-refractivity contribution in [2.45, 2.75) is 50.6 Å². The summed E-state index contributed by atoms with van der Waals surface area (Å²) in [4.78, 5) is 42.9. The first-order valence-electron chi connectivity index (χ1n) is 12.4. The summed E-state index contributed by atoms with van der Waals surface area (Å²) in [5, 5.41) is 1.75. The van der Waals surface area contributed by atoms with E-state index in [0.717, 1.165) is 35.4 Å². The molecule has 12 heteroatoms. The van der Waals surface area contributed by atoms with Crippen LogP contribution in [0.4, 0.5) is 28.0 Å². The van der Waals surface area contributed by atoms with E-state index in [0.29, 0.717) is 19.6 Å². The minimum atomic E-state index is -4.78. The number of carbonyl (C=O) groups is 3. The molecular formula is C27H25ClF4N4O3. The fourth-order valence-electron chi connectivity index (χ4n) is 5.53. The van der Waals surface area contributed by atoms with Crippen molar-refractivity contribution in [3.05, 3.63) is 70.0 Å². The number of hydrogen-bond donors (Lipinski definition) is 1. The standard InChI is InChI=1S/C27H25ClF4N4O3/c1-15-25(38)36(26(39)33-15)23-11-22(28)21(27(30,31)32)10-17(23)4-9-24(37)35-19-7-8-20(35)14-34(13-19)12-16-2-5-18(29)6-3-16/h2-6,9-11,15,19-20H,7-8,12-14H2,1H3,(H,33,39)/t15-,19?,20?/m0/s1. The lowest BCUT2D eigenvalue weighted by Crippen LogP contribution is -2.55. The number of hydrogen-bond acceptors (Lipinski definition) is 4. The van der Waals surface area contributed by atoms with Crippen LogP contribution in [0.1, 0.15) is 36.5 Å². The molecule has 0 spiro atoms. The number of alkyl halides is 3. The Morgan fingerprint density at radius 1 is 1.10 bits per heavy atom. The third-order valence-electron chi connectivity index (χ3n) is 7.33. The Balaban J connectivity index is 1.38. The van der Waals surface area contributed by atoms with Crippen molar-refractivity contribution in [2.75, 3.05) is 18.0 Å². The van der Waals surface area contributed by atoms with Crippen molar-refractivity contribution < 1.29 is 31.9 Å². The van der Waals surface area contributed by atoms with Gasteiger partial charge in [0.15, 0.2) is 0 Å². The van der Waals surface area contributed by atoms with Crippen LogP contribution in [-0.4, -0.2) is 58.9 Å². The predicted molar refractivity (Wildman–Crippen MR) is 136 cm³/mol. The number of imide groups is 1. The van der Waals surface area contributed by atoms with Crippen molar-refractivity contribution in [1.82, 2.24) is 15.1 Å². The monoisotopic (exact) mass is 564 g/mol. The molecule has 0 aliphatic carbocycles. The maximum absolute atomic E-state index is 13.6. The Hall–Kier alpha value is -3.44. The molecule has 0 saturated carbocycles. The second-order valence-electron chi connectivity index (χ2n) is 10.0. The maximum Gasteiger partial charge on any atom is 0.417 e. The van der Waals surface area contributed by atoms with E-state index in [1.54, 1.807) is 17.0 Å². The lowest BCUT2D eigenvalue weighted by molar-refractivity contribution is -0.137. The zero-order valence-corrected chi connectivity index (χ0v) is 21.6. The molecule has 3 aliphatic heterocycles. The van der Waals surface area contributed by atoms with Crippen molar-refractivity contribution in [2.24, 2.45) is 0 Å². The fraction of sp³-hybridized carbons (Fsp3) is 0.370. The van der Waals surface area contributed by atoms with Gasteiger partial charge < -0.3 is 10.2 Å². The molecule has 7 nitrogen and oxygen atoms in total. The number of piperazine rings is 1. The summed E-state index contributed by atoms with van der Waals surface area (Å²) >= 11 is 5.89. The summed E-state index contributed by atoms with van der Waals surface area (Å²) in [6.07, 6.45) is -0.844. The molecule has 2 aromatic rings. The molecule has 0 radical (unpaired) electrons. The molecule has 4 amide bonds. The topological polar surface area (TPSA) is 73.0 Å². The van der Waals surface area contributed by atoms with Crippen LogP contribution in [0.25, 0.3) is 6.08 Å². The molecule has 3 aliphatic rings. The quantitative estimate of drug-likeness (QED) is 0.321. The molecule has 1 N–H and O–H groups in total. The highest BCUT2D eigenvalue weighted by atomic mass is 35.5. The summed E-state index contributed by atoms with van der Waals surface area (Å²) in [5.74, 6) is -1.33. The lowest BCUT2D eigenvalue weighted by atomic mass is 10.1. The maximum atomic E-state index is 13.6. The molecule has 5 rings (SSSR count). The number of carbonyl (C=O) groups excluding carboxylic acids is 3. The SMILES string of the molecule is C[C@@H]1NC(=O)N(c2cc(Cl)c(C(F)(F)F)cc2C=CC(=O)N2C3CCC2CN(Cc2ccc(F)cc2)C3)C1=O. The van der Waals surface area contributed by atoms with Crippen molar-refractivity contribution >= 4 is 41.2 Å². The third-order valence-corrected chi connectivity index (χ3v) is 7.65. The Bertz CT molecular complexity index is 1330. The van der Waals surface area contributed by atoms with E-state index in [2.05, 4.69) is 10.2 Å². The van der Waals surface area contributed by atoms with Gasteiger partial charge in [-0.25, -0.2) is 14.1 Å². The van der Waals surface area contributed by atoms with Gasteiger partial charge >= 0.3 is 12.2 Å². The van der Waals surface area contributed by atoms with E-state index in [1.807, 2.05) is 0 Å². The van der Waals surface area contributed by atoms with E-state index in [1.165, 1.54) is 31.2 Å². The average Bonchev–Trinajstić information content (AvgIpc) is 3.28. The number of amides is 4. The molecule has 2 aromatic carbocycles. The highest BCUT2D eigenvalue weighted by Gasteiger charge is 2.42. The minimum Gasteiger partial charge on any atom is -0.331 e. The number of nitrogens with one attached hydrogen (secondary N) is 1. The van der Waals surface area contributed by atoms with Gasteiger partial charge in [0.05, 0.1) is 16.3 Å². The van der Waals surface area contributed by atoms with E-state index in [9.17, 15) is 31.9 Å². The van der Waals surface area contributed by atoms with Gasteiger partial charge in [0, 0.05) is 37.8 Å². The second kappa shape index (κ2) is 10.3. The van der Waals surface area contributed by atoms with E-state index in [-0.39, 0.29) is 35.1 Å². The number of likely N-dealkylation sites (tertiary alicyclic amines) is 1. The van der Waals surface area contributed by atoms with Crippen molar-refractivity contribution in [3.63, 3.8) is 0 Å². The summed E-state index contributed by atoms with van der Waals surface area (Å²) in [7, 11) is 0. The van der Waals surface area contributed by atoms with Crippen LogP contribution in [0.15, 0.2) is 42.5 Å². The molecule has 3 saturated heterocycles. The molecular weight excluding hydrogens is 540 g/mol. The summed E-state index contributed by atoms with van der Waals surface area (Å²) in [6, 6.07) is 6.10. The molecule has 206 valence electrons. The van der Waals surface area contributed by atoms with Gasteiger partial charge in [-0.1, -0.05) is 23.7 Å². The first-order chi connectivity index (χ1) is 18.4. The summed E-state index contributed by atoms with van der Waals surface area (Å²) < 4.78 is 54.0. The highest BCUT2D eigenvalue weighted by Crippen LogP contribution is 2.40. The summed E-state index contributed by atoms with van der Waals surface area (Å²) in [5.41, 5.74) is -0.466. The zero-order valence-electron chi connectivity index (χ0n) is 20.8. The summed E-state index contributed by atoms with van der Waals surface area (Å²) in [6.45, 7) is 3.29. The normalized spacial score (nSPS) is 23.7. The van der Waals surface area contributed by atoms with Gasteiger partial charge in [-0.05, 0) is 61.2 Å². The van der Waals surface area contributed by atoms with Crippen LogP contribution in [-0.2, 0) is 22.3 Å². The van der Waals surface area contributed by atoms with Crippen LogP contribution in [0.3, 0.4) is 0 Å². The highest BCUT2D eigenvalue weighted by molar-refractivity contribution is 6.32. The molecule has 0 aromatic heterocycles. The number of halogens is 5. The van der Waals surface area contributed by atoms with Gasteiger partial charge in [0.25, 0.3) is 5.91 Å². The number of fused-ring (bicyclic) bond motifs is 2. The van der Waals surface area contributed by atoms with Crippen molar-refractivity contribution in [3.8, 4) is 0 Å². The lowest BCUT2D eigenvalue weighted by Gasteiger charge is -2.40. The average molecular weight is 565 g/mol. The molecule has 2 unspecified atom stereocenters. The van der Waals surface area contributed by atoms with Crippen molar-refractivity contribution in [1.29, 1.82) is 0 Å². The Kier molecular flexibility index (Phi) is 7.15. The number of nitrogens with zero attached hydrogens (tertiary/aromatic N) is 3. The van der Waals surface area contributed by atoms with Crippen LogP contribution >= 0.6 is 11.6 Å². The largest absolute Gasteiger partial charge is 0.417 e. The van der Waals surface area contributed by atoms with Gasteiger partial charge in [0.2, 0.25) is 5.91 Å².